The van der Waals surface area contributed by atoms with Crippen molar-refractivity contribution in [1.82, 2.24) is 4.98 Å². The van der Waals surface area contributed by atoms with Crippen LogP contribution in [-0.4, -0.2) is 10.1 Å². The van der Waals surface area contributed by atoms with Crippen LogP contribution in [-0.2, 0) is 5.60 Å². The van der Waals surface area contributed by atoms with Gasteiger partial charge >= 0.3 is 0 Å². The molecular weight excluding hydrogens is 198 g/mol. The van der Waals surface area contributed by atoms with E-state index < -0.39 is 5.60 Å². The van der Waals surface area contributed by atoms with E-state index in [0.717, 1.165) is 30.3 Å². The molecule has 0 aliphatic carbocycles. The minimum absolute atomic E-state index is 0.666. The number of fused-ring (bicyclic) bond motifs is 1. The molecule has 1 unspecified atom stereocenters. The molecule has 1 atom stereocenters. The highest BCUT2D eigenvalue weighted by Gasteiger charge is 2.25. The highest BCUT2D eigenvalue weighted by Crippen LogP contribution is 2.31. The Balaban J connectivity index is 2.44. The van der Waals surface area contributed by atoms with E-state index in [9.17, 15) is 5.11 Å². The third-order valence-electron chi connectivity index (χ3n) is 3.34. The monoisotopic (exact) mass is 217 g/mol. The molecule has 16 heavy (non-hydrogen) atoms. The van der Waals surface area contributed by atoms with Crippen LogP contribution in [0.25, 0.3) is 10.9 Å². The van der Waals surface area contributed by atoms with Gasteiger partial charge in [0, 0.05) is 11.7 Å². The van der Waals surface area contributed by atoms with E-state index in [2.05, 4.69) is 18.0 Å². The molecule has 0 fully saturated rings. The average Bonchev–Trinajstić information content (AvgIpc) is 2.76. The number of nitrogens with one attached hydrogen (secondary N) is 1. The van der Waals surface area contributed by atoms with Crippen molar-refractivity contribution in [3.63, 3.8) is 0 Å². The van der Waals surface area contributed by atoms with Crippen LogP contribution in [0.1, 0.15) is 38.7 Å². The molecule has 1 aromatic carbocycles. The lowest BCUT2D eigenvalue weighted by Crippen LogP contribution is -2.24. The number of hydrogen-bond donors (Lipinski definition) is 2. The largest absolute Gasteiger partial charge is 0.385 e. The van der Waals surface area contributed by atoms with Gasteiger partial charge < -0.3 is 10.1 Å². The Morgan fingerprint density at radius 1 is 1.25 bits per heavy atom. The van der Waals surface area contributed by atoms with Crippen molar-refractivity contribution in [2.24, 2.45) is 0 Å². The van der Waals surface area contributed by atoms with E-state index in [1.54, 1.807) is 0 Å². The van der Waals surface area contributed by atoms with Gasteiger partial charge in [-0.2, -0.15) is 0 Å². The minimum Gasteiger partial charge on any atom is -0.385 e. The molecule has 0 spiro atoms. The summed E-state index contributed by atoms with van der Waals surface area (Å²) in [7, 11) is 0. The Bertz CT molecular complexity index is 474. The van der Waals surface area contributed by atoms with E-state index in [4.69, 9.17) is 0 Å². The topological polar surface area (TPSA) is 36.0 Å². The Hall–Kier alpha value is -1.28. The first-order chi connectivity index (χ1) is 7.69. The number of rotatable bonds is 4. The van der Waals surface area contributed by atoms with Gasteiger partial charge in [0.15, 0.2) is 0 Å². The fraction of sp³-hybridized carbons (Fsp3) is 0.429. The standard InChI is InChI=1S/C14H19NO/c1-3-8-14(16,4-2)12-5-6-13-11(10-12)7-9-15-13/h5-7,9-10,15-16H,3-4,8H2,1-2H3. The summed E-state index contributed by atoms with van der Waals surface area (Å²) in [5, 5.41) is 11.7. The first-order valence-electron chi connectivity index (χ1n) is 5.99. The zero-order valence-corrected chi connectivity index (χ0v) is 9.96. The van der Waals surface area contributed by atoms with Gasteiger partial charge in [-0.15, -0.1) is 0 Å². The maximum atomic E-state index is 10.6. The smallest absolute Gasteiger partial charge is 0.0894 e. The van der Waals surface area contributed by atoms with E-state index in [-0.39, 0.29) is 0 Å². The molecule has 0 amide bonds. The van der Waals surface area contributed by atoms with Gasteiger partial charge in [-0.1, -0.05) is 26.3 Å². The molecule has 2 heteroatoms. The quantitative estimate of drug-likeness (QED) is 0.807. The van der Waals surface area contributed by atoms with Crippen LogP contribution in [0, 0.1) is 0 Å². The number of aromatic amines is 1. The van der Waals surface area contributed by atoms with E-state index in [1.165, 1.54) is 5.39 Å². The Morgan fingerprint density at radius 3 is 2.75 bits per heavy atom. The fourth-order valence-electron chi connectivity index (χ4n) is 2.28. The molecule has 0 radical (unpaired) electrons. The summed E-state index contributed by atoms with van der Waals surface area (Å²) in [5.41, 5.74) is 1.49. The van der Waals surface area contributed by atoms with Gasteiger partial charge in [0.2, 0.25) is 0 Å². The third kappa shape index (κ3) is 1.85. The first-order valence-corrected chi connectivity index (χ1v) is 5.99. The SMILES string of the molecule is CCCC(O)(CC)c1ccc2[nH]ccc2c1. The van der Waals surface area contributed by atoms with Crippen LogP contribution >= 0.6 is 0 Å². The summed E-state index contributed by atoms with van der Waals surface area (Å²) in [6.45, 7) is 4.15. The van der Waals surface area contributed by atoms with E-state index in [0.29, 0.717) is 0 Å². The zero-order valence-electron chi connectivity index (χ0n) is 9.96. The Labute approximate surface area is 96.3 Å². The molecule has 0 aliphatic rings. The summed E-state index contributed by atoms with van der Waals surface area (Å²) in [4.78, 5) is 3.17. The minimum atomic E-state index is -0.666. The molecule has 0 saturated heterocycles. The lowest BCUT2D eigenvalue weighted by atomic mass is 9.86. The number of aliphatic hydroxyl groups is 1. The maximum absolute atomic E-state index is 10.6. The summed E-state index contributed by atoms with van der Waals surface area (Å²) in [6, 6.07) is 8.20. The van der Waals surface area contributed by atoms with E-state index >= 15 is 0 Å². The molecule has 2 N–H and O–H groups in total. The molecule has 1 aromatic heterocycles. The zero-order chi connectivity index (χ0) is 11.6. The second-order valence-corrected chi connectivity index (χ2v) is 4.41. The Kier molecular flexibility index (Phi) is 3.01. The van der Waals surface area contributed by atoms with Gasteiger partial charge in [-0.25, -0.2) is 0 Å². The second kappa shape index (κ2) is 4.30. The number of hydrogen-bond acceptors (Lipinski definition) is 1. The number of H-pyrrole nitrogens is 1. The fourth-order valence-corrected chi connectivity index (χ4v) is 2.28. The first kappa shape index (κ1) is 11.2. The highest BCUT2D eigenvalue weighted by atomic mass is 16.3. The van der Waals surface area contributed by atoms with Crippen molar-refractivity contribution in [3.05, 3.63) is 36.0 Å². The van der Waals surface area contributed by atoms with Crippen molar-refractivity contribution in [3.8, 4) is 0 Å². The molecule has 2 rings (SSSR count). The summed E-state index contributed by atoms with van der Waals surface area (Å²) in [6.07, 6.45) is 4.50. The average molecular weight is 217 g/mol. The van der Waals surface area contributed by atoms with Crippen LogP contribution in [0.4, 0.5) is 0 Å². The Morgan fingerprint density at radius 2 is 2.06 bits per heavy atom. The molecule has 86 valence electrons. The molecular formula is C14H19NO. The molecule has 0 aliphatic heterocycles. The van der Waals surface area contributed by atoms with Crippen LogP contribution in [0.15, 0.2) is 30.5 Å². The van der Waals surface area contributed by atoms with Gasteiger partial charge in [-0.05, 0) is 42.0 Å². The number of aromatic nitrogens is 1. The predicted octanol–water partition coefficient (Wildman–Crippen LogP) is 3.57. The van der Waals surface area contributed by atoms with Crippen molar-refractivity contribution < 1.29 is 5.11 Å². The summed E-state index contributed by atoms with van der Waals surface area (Å²) in [5.74, 6) is 0. The van der Waals surface area contributed by atoms with Crippen LogP contribution in [0.5, 0.6) is 0 Å². The lowest BCUT2D eigenvalue weighted by Gasteiger charge is -2.27. The molecule has 1 heterocycles. The van der Waals surface area contributed by atoms with Gasteiger partial charge in [-0.3, -0.25) is 0 Å². The third-order valence-corrected chi connectivity index (χ3v) is 3.34. The molecule has 0 saturated carbocycles. The van der Waals surface area contributed by atoms with Crippen LogP contribution < -0.4 is 0 Å². The van der Waals surface area contributed by atoms with Crippen LogP contribution in [0.2, 0.25) is 0 Å². The highest BCUT2D eigenvalue weighted by molar-refractivity contribution is 5.80. The van der Waals surface area contributed by atoms with Gasteiger partial charge in [0.1, 0.15) is 0 Å². The van der Waals surface area contributed by atoms with Crippen molar-refractivity contribution >= 4 is 10.9 Å². The lowest BCUT2D eigenvalue weighted by molar-refractivity contribution is 0.0227. The molecule has 2 nitrogen and oxygen atoms in total. The summed E-state index contributed by atoms with van der Waals surface area (Å²) >= 11 is 0. The molecule has 0 bridgehead atoms. The van der Waals surface area contributed by atoms with Crippen molar-refractivity contribution in [2.45, 2.75) is 38.7 Å². The second-order valence-electron chi connectivity index (χ2n) is 4.41. The maximum Gasteiger partial charge on any atom is 0.0894 e. The normalized spacial score (nSPS) is 15.2. The van der Waals surface area contributed by atoms with Gasteiger partial charge in [0.05, 0.1) is 5.60 Å². The molecule has 2 aromatic rings. The van der Waals surface area contributed by atoms with Crippen molar-refractivity contribution in [1.29, 1.82) is 0 Å². The summed E-state index contributed by atoms with van der Waals surface area (Å²) < 4.78 is 0. The number of benzene rings is 1. The van der Waals surface area contributed by atoms with Gasteiger partial charge in [0.25, 0.3) is 0 Å². The van der Waals surface area contributed by atoms with Crippen molar-refractivity contribution in [2.75, 3.05) is 0 Å². The van der Waals surface area contributed by atoms with Crippen LogP contribution in [0.3, 0.4) is 0 Å². The van der Waals surface area contributed by atoms with E-state index in [1.807, 2.05) is 31.3 Å². The predicted molar refractivity (Wildman–Crippen MR) is 67.4 cm³/mol.